The molecule has 1 aliphatic heterocycles. The zero-order valence-corrected chi connectivity index (χ0v) is 11.2. The number of rotatable bonds is 3. The Hall–Kier alpha value is -2.17. The topological polar surface area (TPSA) is 45.5 Å². The summed E-state index contributed by atoms with van der Waals surface area (Å²) in [6, 6.07) is 4.09. The molecule has 0 atom stereocenters. The molecule has 2 aromatic rings. The number of ether oxygens (including phenoxy) is 3. The number of imidazole rings is 1. The third-order valence-corrected chi connectivity index (χ3v) is 3.16. The fraction of sp³-hybridized carbons (Fsp3) is 0.357. The second-order valence-corrected chi connectivity index (χ2v) is 4.66. The highest BCUT2D eigenvalue weighted by molar-refractivity contribution is 5.70. The first-order chi connectivity index (χ1) is 9.20. The van der Waals surface area contributed by atoms with Crippen LogP contribution in [0.4, 0.5) is 0 Å². The first-order valence-electron chi connectivity index (χ1n) is 6.21. The molecule has 3 rings (SSSR count). The van der Waals surface area contributed by atoms with E-state index in [2.05, 4.69) is 23.4 Å². The van der Waals surface area contributed by atoms with E-state index in [4.69, 9.17) is 14.2 Å². The Morgan fingerprint density at radius 3 is 2.68 bits per heavy atom. The first kappa shape index (κ1) is 11.9. The van der Waals surface area contributed by atoms with Gasteiger partial charge in [0.1, 0.15) is 11.6 Å². The third-order valence-electron chi connectivity index (χ3n) is 3.16. The maximum Gasteiger partial charge on any atom is 0.231 e. The second kappa shape index (κ2) is 4.50. The van der Waals surface area contributed by atoms with Gasteiger partial charge in [0.05, 0.1) is 12.7 Å². The van der Waals surface area contributed by atoms with Crippen molar-refractivity contribution in [2.45, 2.75) is 19.9 Å². The fourth-order valence-electron chi connectivity index (χ4n) is 2.21. The van der Waals surface area contributed by atoms with Gasteiger partial charge in [0, 0.05) is 24.5 Å². The molecule has 100 valence electrons. The van der Waals surface area contributed by atoms with Crippen molar-refractivity contribution < 1.29 is 14.2 Å². The van der Waals surface area contributed by atoms with Crippen molar-refractivity contribution in [2.75, 3.05) is 13.9 Å². The second-order valence-electron chi connectivity index (χ2n) is 4.66. The number of benzene rings is 1. The Balaban J connectivity index is 2.16. The molecule has 0 unspecified atom stereocenters. The summed E-state index contributed by atoms with van der Waals surface area (Å²) in [6.07, 6.45) is 3.75. The van der Waals surface area contributed by atoms with E-state index < -0.39 is 0 Å². The highest BCUT2D eigenvalue weighted by atomic mass is 16.7. The van der Waals surface area contributed by atoms with Crippen LogP contribution in [0.25, 0.3) is 11.4 Å². The van der Waals surface area contributed by atoms with Crippen LogP contribution in [0.15, 0.2) is 24.5 Å². The average Bonchev–Trinajstić information content (AvgIpc) is 3.05. The van der Waals surface area contributed by atoms with Gasteiger partial charge in [0.15, 0.2) is 11.5 Å². The maximum atomic E-state index is 5.44. The SMILES string of the molecule is COc1cc2c(cc1-c1nccn1C(C)C)OCO2. The molecule has 0 saturated carbocycles. The number of nitrogens with zero attached hydrogens (tertiary/aromatic N) is 2. The lowest BCUT2D eigenvalue weighted by Crippen LogP contribution is -2.02. The van der Waals surface area contributed by atoms with Crippen molar-refractivity contribution >= 4 is 0 Å². The van der Waals surface area contributed by atoms with E-state index in [0.29, 0.717) is 11.8 Å². The Bertz CT molecular complexity index is 605. The smallest absolute Gasteiger partial charge is 0.231 e. The molecule has 0 saturated heterocycles. The molecule has 0 spiro atoms. The highest BCUT2D eigenvalue weighted by Crippen LogP contribution is 2.42. The van der Waals surface area contributed by atoms with E-state index in [-0.39, 0.29) is 6.79 Å². The molecular weight excluding hydrogens is 244 g/mol. The van der Waals surface area contributed by atoms with Crippen LogP contribution in [0.5, 0.6) is 17.2 Å². The minimum atomic E-state index is 0.251. The quantitative estimate of drug-likeness (QED) is 0.851. The summed E-state index contributed by atoms with van der Waals surface area (Å²) < 4.78 is 18.3. The average molecular weight is 260 g/mol. The Morgan fingerprint density at radius 1 is 1.26 bits per heavy atom. The Kier molecular flexibility index (Phi) is 2.81. The van der Waals surface area contributed by atoms with E-state index in [9.17, 15) is 0 Å². The van der Waals surface area contributed by atoms with Gasteiger partial charge in [0.2, 0.25) is 6.79 Å². The minimum absolute atomic E-state index is 0.251. The van der Waals surface area contributed by atoms with Crippen LogP contribution in [0.3, 0.4) is 0 Å². The van der Waals surface area contributed by atoms with Crippen LogP contribution in [-0.2, 0) is 0 Å². The Labute approximate surface area is 111 Å². The molecule has 1 aromatic carbocycles. The summed E-state index contributed by atoms with van der Waals surface area (Å²) in [5.41, 5.74) is 0.908. The molecule has 0 aliphatic carbocycles. The zero-order valence-electron chi connectivity index (χ0n) is 11.2. The largest absolute Gasteiger partial charge is 0.496 e. The van der Waals surface area contributed by atoms with E-state index in [0.717, 1.165) is 22.9 Å². The number of fused-ring (bicyclic) bond motifs is 1. The van der Waals surface area contributed by atoms with Gasteiger partial charge in [-0.25, -0.2) is 4.98 Å². The van der Waals surface area contributed by atoms with E-state index >= 15 is 0 Å². The zero-order chi connectivity index (χ0) is 13.4. The first-order valence-corrected chi connectivity index (χ1v) is 6.21. The molecule has 2 heterocycles. The molecule has 0 N–H and O–H groups in total. The third kappa shape index (κ3) is 1.91. The van der Waals surface area contributed by atoms with Crippen molar-refractivity contribution in [3.8, 4) is 28.6 Å². The Morgan fingerprint density at radius 2 is 2.00 bits per heavy atom. The lowest BCUT2D eigenvalue weighted by Gasteiger charge is -2.14. The molecule has 0 amide bonds. The summed E-state index contributed by atoms with van der Waals surface area (Å²) in [4.78, 5) is 4.43. The standard InChI is InChI=1S/C14H16N2O3/c1-9(2)16-5-4-15-14(16)10-6-12-13(19-8-18-12)7-11(10)17-3/h4-7,9H,8H2,1-3H3. The molecule has 5 heteroatoms. The van der Waals surface area contributed by atoms with E-state index in [1.807, 2.05) is 18.3 Å². The lowest BCUT2D eigenvalue weighted by atomic mass is 10.1. The molecule has 0 bridgehead atoms. The fourth-order valence-corrected chi connectivity index (χ4v) is 2.21. The van der Waals surface area contributed by atoms with E-state index in [1.54, 1.807) is 13.3 Å². The molecule has 5 nitrogen and oxygen atoms in total. The van der Waals surface area contributed by atoms with Crippen molar-refractivity contribution in [2.24, 2.45) is 0 Å². The summed E-state index contributed by atoms with van der Waals surface area (Å²) in [6.45, 7) is 4.48. The molecule has 0 radical (unpaired) electrons. The van der Waals surface area contributed by atoms with Crippen LogP contribution < -0.4 is 14.2 Å². The van der Waals surface area contributed by atoms with Gasteiger partial charge in [0.25, 0.3) is 0 Å². The normalized spacial score (nSPS) is 13.1. The van der Waals surface area contributed by atoms with Crippen LogP contribution in [0.2, 0.25) is 0 Å². The van der Waals surface area contributed by atoms with Crippen LogP contribution in [0.1, 0.15) is 19.9 Å². The summed E-state index contributed by atoms with van der Waals surface area (Å²) in [5.74, 6) is 3.04. The monoisotopic (exact) mass is 260 g/mol. The van der Waals surface area contributed by atoms with E-state index in [1.165, 1.54) is 0 Å². The van der Waals surface area contributed by atoms with Gasteiger partial charge in [-0.2, -0.15) is 0 Å². The molecular formula is C14H16N2O3. The summed E-state index contributed by atoms with van der Waals surface area (Å²) in [5, 5.41) is 0. The van der Waals surface area contributed by atoms with Crippen molar-refractivity contribution in [1.82, 2.24) is 9.55 Å². The lowest BCUT2D eigenvalue weighted by molar-refractivity contribution is 0.174. The predicted octanol–water partition coefficient (Wildman–Crippen LogP) is 2.87. The maximum absolute atomic E-state index is 5.44. The van der Waals surface area contributed by atoms with Crippen molar-refractivity contribution in [3.63, 3.8) is 0 Å². The van der Waals surface area contributed by atoms with Gasteiger partial charge >= 0.3 is 0 Å². The predicted molar refractivity (Wildman–Crippen MR) is 70.7 cm³/mol. The number of methoxy groups -OCH3 is 1. The molecule has 0 fully saturated rings. The van der Waals surface area contributed by atoms with Crippen molar-refractivity contribution in [3.05, 3.63) is 24.5 Å². The van der Waals surface area contributed by atoms with Gasteiger partial charge < -0.3 is 18.8 Å². The van der Waals surface area contributed by atoms with Gasteiger partial charge in [-0.15, -0.1) is 0 Å². The van der Waals surface area contributed by atoms with Gasteiger partial charge in [-0.05, 0) is 19.9 Å². The van der Waals surface area contributed by atoms with Crippen molar-refractivity contribution in [1.29, 1.82) is 0 Å². The molecule has 1 aromatic heterocycles. The molecule has 1 aliphatic rings. The van der Waals surface area contributed by atoms with Gasteiger partial charge in [-0.1, -0.05) is 0 Å². The van der Waals surface area contributed by atoms with Gasteiger partial charge in [-0.3, -0.25) is 0 Å². The minimum Gasteiger partial charge on any atom is -0.496 e. The number of hydrogen-bond donors (Lipinski definition) is 0. The highest BCUT2D eigenvalue weighted by Gasteiger charge is 2.21. The number of aromatic nitrogens is 2. The van der Waals surface area contributed by atoms with Crippen LogP contribution >= 0.6 is 0 Å². The van der Waals surface area contributed by atoms with Crippen LogP contribution in [-0.4, -0.2) is 23.5 Å². The van der Waals surface area contributed by atoms with Crippen LogP contribution in [0, 0.1) is 0 Å². The number of hydrogen-bond acceptors (Lipinski definition) is 4. The molecule has 19 heavy (non-hydrogen) atoms. The summed E-state index contributed by atoms with van der Waals surface area (Å²) >= 11 is 0. The summed E-state index contributed by atoms with van der Waals surface area (Å²) in [7, 11) is 1.64.